The minimum Gasteiger partial charge on any atom is -0.370 e. The van der Waals surface area contributed by atoms with Gasteiger partial charge in [-0.1, -0.05) is 25.4 Å². The number of rotatable bonds is 4. The smallest absolute Gasteiger partial charge is 0.254 e. The van der Waals surface area contributed by atoms with Gasteiger partial charge in [0, 0.05) is 24.7 Å². The van der Waals surface area contributed by atoms with Crippen molar-refractivity contribution in [2.45, 2.75) is 46.1 Å². The maximum absolute atomic E-state index is 12.7. The number of pyridine rings is 1. The van der Waals surface area contributed by atoms with Crippen molar-refractivity contribution in [2.24, 2.45) is 5.92 Å². The third-order valence-corrected chi connectivity index (χ3v) is 4.19. The molecule has 1 aliphatic heterocycles. The number of carbonyl (C=O) groups is 1. The van der Waals surface area contributed by atoms with Crippen LogP contribution in [0.3, 0.4) is 0 Å². The van der Waals surface area contributed by atoms with Crippen molar-refractivity contribution in [3.8, 4) is 0 Å². The van der Waals surface area contributed by atoms with Crippen LogP contribution >= 0.6 is 11.6 Å². The van der Waals surface area contributed by atoms with Crippen LogP contribution in [0.15, 0.2) is 12.1 Å². The molecule has 2 heterocycles. The maximum Gasteiger partial charge on any atom is 0.254 e. The zero-order chi connectivity index (χ0) is 15.4. The molecule has 5 heteroatoms. The summed E-state index contributed by atoms with van der Waals surface area (Å²) in [6.07, 6.45) is 3.12. The Morgan fingerprint density at radius 1 is 1.48 bits per heavy atom. The Kier molecular flexibility index (Phi) is 5.45. The number of amides is 1. The molecule has 1 N–H and O–H groups in total. The van der Waals surface area contributed by atoms with E-state index < -0.39 is 0 Å². The zero-order valence-electron chi connectivity index (χ0n) is 13.0. The van der Waals surface area contributed by atoms with E-state index >= 15 is 0 Å². The molecule has 0 saturated carbocycles. The number of likely N-dealkylation sites (tertiary alicyclic amines) is 1. The van der Waals surface area contributed by atoms with Crippen LogP contribution in [0.25, 0.3) is 0 Å². The molecule has 1 fully saturated rings. The van der Waals surface area contributed by atoms with Gasteiger partial charge in [0.1, 0.15) is 11.0 Å². The quantitative estimate of drug-likeness (QED) is 0.860. The van der Waals surface area contributed by atoms with E-state index in [9.17, 15) is 4.79 Å². The molecule has 2 atom stereocenters. The SMILES string of the molecule is CCCNc1cc(C(=O)N2CCC(C)CC2C)cc(Cl)n1. The second kappa shape index (κ2) is 7.12. The first kappa shape index (κ1) is 16.1. The van der Waals surface area contributed by atoms with Crippen molar-refractivity contribution < 1.29 is 4.79 Å². The summed E-state index contributed by atoms with van der Waals surface area (Å²) in [5.41, 5.74) is 0.620. The van der Waals surface area contributed by atoms with Crippen molar-refractivity contribution >= 4 is 23.3 Å². The number of hydrogen-bond donors (Lipinski definition) is 1. The number of nitrogens with zero attached hydrogens (tertiary/aromatic N) is 2. The lowest BCUT2D eigenvalue weighted by Crippen LogP contribution is -2.44. The molecular weight excluding hydrogens is 286 g/mol. The third kappa shape index (κ3) is 4.10. The molecule has 0 aliphatic carbocycles. The van der Waals surface area contributed by atoms with Crippen LogP contribution in [0.2, 0.25) is 5.15 Å². The lowest BCUT2D eigenvalue weighted by molar-refractivity contribution is 0.0588. The maximum atomic E-state index is 12.7. The van der Waals surface area contributed by atoms with E-state index in [1.807, 2.05) is 4.90 Å². The molecule has 1 aromatic rings. The molecule has 1 amide bonds. The summed E-state index contributed by atoms with van der Waals surface area (Å²) >= 11 is 6.05. The predicted molar refractivity (Wildman–Crippen MR) is 86.9 cm³/mol. The number of piperidine rings is 1. The Bertz CT molecular complexity index is 506. The fourth-order valence-electron chi connectivity index (χ4n) is 2.84. The van der Waals surface area contributed by atoms with Crippen LogP contribution < -0.4 is 5.32 Å². The lowest BCUT2D eigenvalue weighted by atomic mass is 9.93. The van der Waals surface area contributed by atoms with E-state index in [0.29, 0.717) is 22.5 Å². The number of nitrogens with one attached hydrogen (secondary N) is 1. The molecule has 0 bridgehead atoms. The minimum atomic E-state index is 0.0539. The van der Waals surface area contributed by atoms with E-state index in [1.165, 1.54) is 0 Å². The number of anilines is 1. The Morgan fingerprint density at radius 2 is 2.24 bits per heavy atom. The van der Waals surface area contributed by atoms with Crippen LogP contribution in [0.4, 0.5) is 5.82 Å². The average Bonchev–Trinajstić information content (AvgIpc) is 2.44. The summed E-state index contributed by atoms with van der Waals surface area (Å²) in [6, 6.07) is 3.74. The van der Waals surface area contributed by atoms with Crippen LogP contribution in [0.5, 0.6) is 0 Å². The highest BCUT2D eigenvalue weighted by atomic mass is 35.5. The normalized spacial score (nSPS) is 22.2. The second-order valence-electron chi connectivity index (χ2n) is 5.97. The summed E-state index contributed by atoms with van der Waals surface area (Å²) in [5.74, 6) is 1.41. The average molecular weight is 310 g/mol. The summed E-state index contributed by atoms with van der Waals surface area (Å²) in [7, 11) is 0. The van der Waals surface area contributed by atoms with Gasteiger partial charge >= 0.3 is 0 Å². The topological polar surface area (TPSA) is 45.2 Å². The highest BCUT2D eigenvalue weighted by Gasteiger charge is 2.27. The van der Waals surface area contributed by atoms with Crippen LogP contribution in [-0.2, 0) is 0 Å². The molecule has 116 valence electrons. The third-order valence-electron chi connectivity index (χ3n) is 4.00. The van der Waals surface area contributed by atoms with Crippen molar-refractivity contribution in [3.63, 3.8) is 0 Å². The number of aromatic nitrogens is 1. The van der Waals surface area contributed by atoms with Crippen LogP contribution in [0.1, 0.15) is 50.4 Å². The highest BCUT2D eigenvalue weighted by molar-refractivity contribution is 6.29. The molecule has 1 saturated heterocycles. The molecular formula is C16H24ClN3O. The molecule has 0 spiro atoms. The van der Waals surface area contributed by atoms with Gasteiger partial charge in [-0.15, -0.1) is 0 Å². The van der Waals surface area contributed by atoms with E-state index in [1.54, 1.807) is 12.1 Å². The summed E-state index contributed by atoms with van der Waals surface area (Å²) in [4.78, 5) is 18.9. The number of halogens is 1. The standard InChI is InChI=1S/C16H24ClN3O/c1-4-6-18-15-10-13(9-14(17)19-15)16(21)20-7-5-11(2)8-12(20)3/h9-12H,4-8H2,1-3H3,(H,18,19). The Hall–Kier alpha value is -1.29. The fraction of sp³-hybridized carbons (Fsp3) is 0.625. The van der Waals surface area contributed by atoms with Gasteiger partial charge in [0.2, 0.25) is 0 Å². The van der Waals surface area contributed by atoms with Crippen molar-refractivity contribution in [3.05, 3.63) is 22.8 Å². The van der Waals surface area contributed by atoms with E-state index in [2.05, 4.69) is 31.1 Å². The van der Waals surface area contributed by atoms with Crippen LogP contribution in [0, 0.1) is 5.92 Å². The minimum absolute atomic E-state index is 0.0539. The predicted octanol–water partition coefficient (Wildman–Crippen LogP) is 3.82. The van der Waals surface area contributed by atoms with E-state index in [4.69, 9.17) is 11.6 Å². The van der Waals surface area contributed by atoms with Gasteiger partial charge in [-0.2, -0.15) is 0 Å². The molecule has 0 aromatic carbocycles. The second-order valence-corrected chi connectivity index (χ2v) is 6.35. The van der Waals surface area contributed by atoms with Crippen molar-refractivity contribution in [1.29, 1.82) is 0 Å². The van der Waals surface area contributed by atoms with Gasteiger partial charge in [-0.3, -0.25) is 4.79 Å². The zero-order valence-corrected chi connectivity index (χ0v) is 13.8. The van der Waals surface area contributed by atoms with Gasteiger partial charge in [0.05, 0.1) is 0 Å². The van der Waals surface area contributed by atoms with Crippen molar-refractivity contribution in [1.82, 2.24) is 9.88 Å². The molecule has 21 heavy (non-hydrogen) atoms. The largest absolute Gasteiger partial charge is 0.370 e. The molecule has 1 aliphatic rings. The first-order chi connectivity index (χ1) is 10.0. The Balaban J connectivity index is 2.16. The number of hydrogen-bond acceptors (Lipinski definition) is 3. The number of carbonyl (C=O) groups excluding carboxylic acids is 1. The molecule has 2 unspecified atom stereocenters. The monoisotopic (exact) mass is 309 g/mol. The van der Waals surface area contributed by atoms with Gasteiger partial charge in [0.25, 0.3) is 5.91 Å². The van der Waals surface area contributed by atoms with Gasteiger partial charge in [-0.25, -0.2) is 4.98 Å². The summed E-state index contributed by atoms with van der Waals surface area (Å²) in [5, 5.41) is 3.54. The Labute approximate surface area is 131 Å². The van der Waals surface area contributed by atoms with E-state index in [-0.39, 0.29) is 11.9 Å². The van der Waals surface area contributed by atoms with Crippen molar-refractivity contribution in [2.75, 3.05) is 18.4 Å². The Morgan fingerprint density at radius 3 is 2.90 bits per heavy atom. The summed E-state index contributed by atoms with van der Waals surface area (Å²) < 4.78 is 0. The molecule has 0 radical (unpaired) electrons. The first-order valence-corrected chi connectivity index (χ1v) is 8.11. The first-order valence-electron chi connectivity index (χ1n) is 7.73. The van der Waals surface area contributed by atoms with E-state index in [0.717, 1.165) is 32.4 Å². The fourth-order valence-corrected chi connectivity index (χ4v) is 3.05. The lowest BCUT2D eigenvalue weighted by Gasteiger charge is -2.36. The summed E-state index contributed by atoms with van der Waals surface area (Å²) in [6.45, 7) is 8.08. The van der Waals surface area contributed by atoms with Gasteiger partial charge in [0.15, 0.2) is 0 Å². The van der Waals surface area contributed by atoms with Gasteiger partial charge in [-0.05, 0) is 44.2 Å². The molecule has 4 nitrogen and oxygen atoms in total. The van der Waals surface area contributed by atoms with Gasteiger partial charge < -0.3 is 10.2 Å². The highest BCUT2D eigenvalue weighted by Crippen LogP contribution is 2.25. The molecule has 1 aromatic heterocycles. The van der Waals surface area contributed by atoms with Crippen LogP contribution in [-0.4, -0.2) is 34.9 Å². The molecule has 2 rings (SSSR count).